The summed E-state index contributed by atoms with van der Waals surface area (Å²) in [5.74, 6) is 0.513. The Morgan fingerprint density at radius 3 is 2.36 bits per heavy atom. The molecule has 1 N–H and O–H groups in total. The van der Waals surface area contributed by atoms with Gasteiger partial charge in [0.2, 0.25) is 10.0 Å². The number of hydrogen-bond donors (Lipinski definition) is 1. The molecule has 1 aromatic carbocycles. The summed E-state index contributed by atoms with van der Waals surface area (Å²) in [7, 11) is -3.40. The summed E-state index contributed by atoms with van der Waals surface area (Å²) >= 11 is 0. The molecule has 2 heterocycles. The van der Waals surface area contributed by atoms with Gasteiger partial charge < -0.3 is 5.32 Å². The number of hydrogen-bond acceptors (Lipinski definition) is 6. The lowest BCUT2D eigenvalue weighted by Gasteiger charge is -2.15. The summed E-state index contributed by atoms with van der Waals surface area (Å²) in [6.07, 6.45) is 3.00. The number of anilines is 1. The minimum absolute atomic E-state index is 0.0676. The Balaban J connectivity index is 1.63. The van der Waals surface area contributed by atoms with E-state index >= 15 is 0 Å². The molecule has 8 nitrogen and oxygen atoms in total. The molecule has 25 heavy (non-hydrogen) atoms. The molecular weight excluding hydrogens is 344 g/mol. The smallest absolute Gasteiger partial charge is 0.287 e. The van der Waals surface area contributed by atoms with Crippen molar-refractivity contribution in [3.63, 3.8) is 0 Å². The lowest BCUT2D eigenvalue weighted by Crippen LogP contribution is -2.27. The molecule has 0 aliphatic carbocycles. The molecule has 1 aliphatic heterocycles. The highest BCUT2D eigenvalue weighted by Crippen LogP contribution is 2.21. The SMILES string of the molecule is O=[N+]([O-])c1ccc(NCc2ccc(S(=O)(=O)N3CCCC3)cc2)nc1. The molecule has 0 spiro atoms. The van der Waals surface area contributed by atoms with Gasteiger partial charge in [-0.25, -0.2) is 13.4 Å². The van der Waals surface area contributed by atoms with Gasteiger partial charge in [0.15, 0.2) is 0 Å². The predicted octanol–water partition coefficient (Wildman–Crippen LogP) is 2.39. The zero-order chi connectivity index (χ0) is 17.9. The van der Waals surface area contributed by atoms with Gasteiger partial charge in [-0.3, -0.25) is 10.1 Å². The maximum Gasteiger partial charge on any atom is 0.287 e. The molecule has 0 radical (unpaired) electrons. The number of rotatable bonds is 6. The van der Waals surface area contributed by atoms with Crippen LogP contribution in [0.5, 0.6) is 0 Å². The largest absolute Gasteiger partial charge is 0.366 e. The Hall–Kier alpha value is -2.52. The molecule has 1 aromatic heterocycles. The number of sulfonamides is 1. The van der Waals surface area contributed by atoms with E-state index in [0.29, 0.717) is 30.3 Å². The fourth-order valence-corrected chi connectivity index (χ4v) is 4.17. The summed E-state index contributed by atoms with van der Waals surface area (Å²) < 4.78 is 26.4. The van der Waals surface area contributed by atoms with Gasteiger partial charge in [0.1, 0.15) is 12.0 Å². The van der Waals surface area contributed by atoms with Crippen LogP contribution in [0.3, 0.4) is 0 Å². The number of nitrogens with zero attached hydrogens (tertiary/aromatic N) is 3. The van der Waals surface area contributed by atoms with E-state index in [1.807, 2.05) is 0 Å². The second kappa shape index (κ2) is 7.16. The first-order valence-corrected chi connectivity index (χ1v) is 9.34. The van der Waals surface area contributed by atoms with Crippen LogP contribution in [0.15, 0.2) is 47.5 Å². The van der Waals surface area contributed by atoms with Crippen molar-refractivity contribution in [1.82, 2.24) is 9.29 Å². The monoisotopic (exact) mass is 362 g/mol. The fraction of sp³-hybridized carbons (Fsp3) is 0.312. The lowest BCUT2D eigenvalue weighted by molar-refractivity contribution is -0.385. The maximum absolute atomic E-state index is 12.5. The molecule has 0 bridgehead atoms. The van der Waals surface area contributed by atoms with E-state index in [0.717, 1.165) is 18.4 Å². The summed E-state index contributed by atoms with van der Waals surface area (Å²) in [6.45, 7) is 1.60. The number of nitro groups is 1. The van der Waals surface area contributed by atoms with E-state index in [2.05, 4.69) is 10.3 Å². The van der Waals surface area contributed by atoms with Crippen LogP contribution in [-0.2, 0) is 16.6 Å². The highest BCUT2D eigenvalue weighted by Gasteiger charge is 2.26. The van der Waals surface area contributed by atoms with Gasteiger partial charge in [-0.2, -0.15) is 4.31 Å². The van der Waals surface area contributed by atoms with Gasteiger partial charge in [-0.1, -0.05) is 12.1 Å². The van der Waals surface area contributed by atoms with Gasteiger partial charge in [0.25, 0.3) is 5.69 Å². The first-order chi connectivity index (χ1) is 12.0. The predicted molar refractivity (Wildman–Crippen MR) is 92.7 cm³/mol. The molecule has 0 atom stereocenters. The fourth-order valence-electron chi connectivity index (χ4n) is 2.65. The van der Waals surface area contributed by atoms with Gasteiger partial charge in [0.05, 0.1) is 9.82 Å². The van der Waals surface area contributed by atoms with Crippen molar-refractivity contribution in [2.24, 2.45) is 0 Å². The van der Waals surface area contributed by atoms with Crippen molar-refractivity contribution in [3.8, 4) is 0 Å². The van der Waals surface area contributed by atoms with Crippen LogP contribution in [0, 0.1) is 10.1 Å². The van der Waals surface area contributed by atoms with E-state index in [9.17, 15) is 18.5 Å². The van der Waals surface area contributed by atoms with Gasteiger partial charge in [-0.05, 0) is 36.6 Å². The van der Waals surface area contributed by atoms with Crippen molar-refractivity contribution < 1.29 is 13.3 Å². The molecular formula is C16H18N4O4S. The molecule has 3 rings (SSSR count). The molecule has 0 unspecified atom stereocenters. The topological polar surface area (TPSA) is 105 Å². The van der Waals surface area contributed by atoms with Crippen LogP contribution in [0.4, 0.5) is 11.5 Å². The number of benzene rings is 1. The third-order valence-corrected chi connectivity index (χ3v) is 5.97. The Kier molecular flexibility index (Phi) is 4.95. The average Bonchev–Trinajstić information content (AvgIpc) is 3.16. The zero-order valence-corrected chi connectivity index (χ0v) is 14.3. The Labute approximate surface area is 145 Å². The van der Waals surface area contributed by atoms with Crippen molar-refractivity contribution in [2.45, 2.75) is 24.3 Å². The molecule has 9 heteroatoms. The summed E-state index contributed by atoms with van der Waals surface area (Å²) in [5, 5.41) is 13.6. The third kappa shape index (κ3) is 3.94. The molecule has 0 saturated carbocycles. The third-order valence-electron chi connectivity index (χ3n) is 4.06. The number of aromatic nitrogens is 1. The second-order valence-corrected chi connectivity index (χ2v) is 7.71. The Bertz CT molecular complexity index is 845. The molecule has 0 amide bonds. The van der Waals surface area contributed by atoms with Crippen LogP contribution >= 0.6 is 0 Å². The second-order valence-electron chi connectivity index (χ2n) is 5.77. The average molecular weight is 362 g/mol. The first kappa shape index (κ1) is 17.3. The highest BCUT2D eigenvalue weighted by atomic mass is 32.2. The summed E-state index contributed by atoms with van der Waals surface area (Å²) in [5.41, 5.74) is 0.822. The molecule has 1 saturated heterocycles. The number of nitrogens with one attached hydrogen (secondary N) is 1. The lowest BCUT2D eigenvalue weighted by atomic mass is 10.2. The Morgan fingerprint density at radius 2 is 1.80 bits per heavy atom. The number of pyridine rings is 1. The molecule has 1 aliphatic rings. The van der Waals surface area contributed by atoms with Crippen LogP contribution in [0.25, 0.3) is 0 Å². The summed E-state index contributed by atoms with van der Waals surface area (Å²) in [6, 6.07) is 9.62. The standard InChI is InChI=1S/C16H18N4O4S/c21-20(22)14-5-8-16(18-12-14)17-11-13-3-6-15(7-4-13)25(23,24)19-9-1-2-10-19/h3-8,12H,1-2,9-11H2,(H,17,18). The van der Waals surface area contributed by atoms with Crippen LogP contribution in [-0.4, -0.2) is 35.7 Å². The van der Waals surface area contributed by atoms with Crippen molar-refractivity contribution in [2.75, 3.05) is 18.4 Å². The van der Waals surface area contributed by atoms with Crippen molar-refractivity contribution in [3.05, 3.63) is 58.3 Å². The first-order valence-electron chi connectivity index (χ1n) is 7.90. The highest BCUT2D eigenvalue weighted by molar-refractivity contribution is 7.89. The summed E-state index contributed by atoms with van der Waals surface area (Å²) in [4.78, 5) is 14.4. The van der Waals surface area contributed by atoms with Crippen molar-refractivity contribution in [1.29, 1.82) is 0 Å². The van der Waals surface area contributed by atoms with Crippen molar-refractivity contribution >= 4 is 21.5 Å². The minimum atomic E-state index is -3.40. The van der Waals surface area contributed by atoms with E-state index in [-0.39, 0.29) is 5.69 Å². The van der Waals surface area contributed by atoms with E-state index in [4.69, 9.17) is 0 Å². The molecule has 2 aromatic rings. The van der Waals surface area contributed by atoms with E-state index in [1.165, 1.54) is 22.6 Å². The molecule has 1 fully saturated rings. The Morgan fingerprint density at radius 1 is 1.12 bits per heavy atom. The zero-order valence-electron chi connectivity index (χ0n) is 13.5. The maximum atomic E-state index is 12.5. The van der Waals surface area contributed by atoms with E-state index in [1.54, 1.807) is 24.3 Å². The van der Waals surface area contributed by atoms with Crippen LogP contribution < -0.4 is 5.32 Å². The quantitative estimate of drug-likeness (QED) is 0.625. The van der Waals surface area contributed by atoms with Crippen LogP contribution in [0.1, 0.15) is 18.4 Å². The van der Waals surface area contributed by atoms with Gasteiger partial charge in [0, 0.05) is 25.7 Å². The normalized spacial score (nSPS) is 15.2. The minimum Gasteiger partial charge on any atom is -0.366 e. The van der Waals surface area contributed by atoms with Gasteiger partial charge in [-0.15, -0.1) is 0 Å². The van der Waals surface area contributed by atoms with Gasteiger partial charge >= 0.3 is 0 Å². The van der Waals surface area contributed by atoms with Crippen LogP contribution in [0.2, 0.25) is 0 Å². The molecule has 132 valence electrons. The van der Waals surface area contributed by atoms with E-state index < -0.39 is 14.9 Å².